The van der Waals surface area contributed by atoms with Crippen molar-refractivity contribution in [1.29, 1.82) is 0 Å². The van der Waals surface area contributed by atoms with E-state index in [0.29, 0.717) is 12.2 Å². The van der Waals surface area contributed by atoms with Crippen LogP contribution in [-0.2, 0) is 11.3 Å². The third kappa shape index (κ3) is 4.15. The van der Waals surface area contributed by atoms with Gasteiger partial charge in [-0.05, 0) is 12.6 Å². The SMILES string of the molecule is CCC(=O)C(C)CN(C)Cc1ccccc1. The number of nitrogens with zero attached hydrogens (tertiary/aromatic N) is 1. The summed E-state index contributed by atoms with van der Waals surface area (Å²) >= 11 is 0. The van der Waals surface area contributed by atoms with Crippen LogP contribution in [0.2, 0.25) is 0 Å². The molecule has 1 rings (SSSR count). The van der Waals surface area contributed by atoms with Crippen LogP contribution in [0.15, 0.2) is 30.3 Å². The molecule has 0 heterocycles. The Bertz CT molecular complexity index is 321. The predicted octanol–water partition coefficient (Wildman–Crippen LogP) is 2.73. The molecule has 0 aliphatic heterocycles. The lowest BCUT2D eigenvalue weighted by atomic mass is 10.0. The monoisotopic (exact) mass is 219 g/mol. The third-order valence-electron chi connectivity index (χ3n) is 2.78. The second-order valence-electron chi connectivity index (χ2n) is 4.40. The van der Waals surface area contributed by atoms with E-state index in [-0.39, 0.29) is 5.92 Å². The summed E-state index contributed by atoms with van der Waals surface area (Å²) in [6, 6.07) is 10.3. The molecule has 0 radical (unpaired) electrons. The average molecular weight is 219 g/mol. The minimum Gasteiger partial charge on any atom is -0.301 e. The Morgan fingerprint density at radius 1 is 1.31 bits per heavy atom. The molecule has 0 bridgehead atoms. The van der Waals surface area contributed by atoms with E-state index in [9.17, 15) is 4.79 Å². The fourth-order valence-electron chi connectivity index (χ4n) is 1.88. The van der Waals surface area contributed by atoms with Gasteiger partial charge in [0.25, 0.3) is 0 Å². The normalized spacial score (nSPS) is 12.8. The van der Waals surface area contributed by atoms with Crippen molar-refractivity contribution >= 4 is 5.78 Å². The van der Waals surface area contributed by atoms with E-state index in [1.165, 1.54) is 5.56 Å². The number of Topliss-reactive ketones (excluding diaryl/α,β-unsaturated/α-hetero) is 1. The van der Waals surface area contributed by atoms with Crippen LogP contribution >= 0.6 is 0 Å². The number of ketones is 1. The zero-order chi connectivity index (χ0) is 12.0. The van der Waals surface area contributed by atoms with Crippen LogP contribution in [0.25, 0.3) is 0 Å². The fraction of sp³-hybridized carbons (Fsp3) is 0.500. The summed E-state index contributed by atoms with van der Waals surface area (Å²) in [5.41, 5.74) is 1.29. The maximum atomic E-state index is 11.5. The summed E-state index contributed by atoms with van der Waals surface area (Å²) in [5.74, 6) is 0.485. The Hall–Kier alpha value is -1.15. The lowest BCUT2D eigenvalue weighted by Crippen LogP contribution is -2.28. The Balaban J connectivity index is 2.42. The minimum atomic E-state index is 0.138. The van der Waals surface area contributed by atoms with Gasteiger partial charge in [-0.2, -0.15) is 0 Å². The second kappa shape index (κ2) is 6.44. The van der Waals surface area contributed by atoms with Crippen LogP contribution in [0.4, 0.5) is 0 Å². The van der Waals surface area contributed by atoms with E-state index in [1.807, 2.05) is 32.0 Å². The molecule has 0 aliphatic rings. The molecule has 1 unspecified atom stereocenters. The van der Waals surface area contributed by atoms with Crippen molar-refractivity contribution < 1.29 is 4.79 Å². The highest BCUT2D eigenvalue weighted by Crippen LogP contribution is 2.07. The summed E-state index contributed by atoms with van der Waals surface area (Å²) in [4.78, 5) is 13.7. The lowest BCUT2D eigenvalue weighted by Gasteiger charge is -2.20. The lowest BCUT2D eigenvalue weighted by molar-refractivity contribution is -0.122. The van der Waals surface area contributed by atoms with Gasteiger partial charge in [-0.15, -0.1) is 0 Å². The Kier molecular flexibility index (Phi) is 5.20. The third-order valence-corrected chi connectivity index (χ3v) is 2.78. The largest absolute Gasteiger partial charge is 0.301 e. The summed E-state index contributed by atoms with van der Waals surface area (Å²) in [7, 11) is 2.06. The average Bonchev–Trinajstić information content (AvgIpc) is 2.29. The van der Waals surface area contributed by atoms with Crippen LogP contribution in [0.1, 0.15) is 25.8 Å². The van der Waals surface area contributed by atoms with Gasteiger partial charge in [0.2, 0.25) is 0 Å². The van der Waals surface area contributed by atoms with Gasteiger partial charge in [0.15, 0.2) is 0 Å². The van der Waals surface area contributed by atoms with Crippen LogP contribution in [0.5, 0.6) is 0 Å². The first-order chi connectivity index (χ1) is 7.63. The minimum absolute atomic E-state index is 0.138. The van der Waals surface area contributed by atoms with E-state index >= 15 is 0 Å². The standard InChI is InChI=1S/C14H21NO/c1-4-14(16)12(2)10-15(3)11-13-8-6-5-7-9-13/h5-9,12H,4,10-11H2,1-3H3. The van der Waals surface area contributed by atoms with Gasteiger partial charge in [0.05, 0.1) is 0 Å². The molecule has 0 amide bonds. The number of hydrogen-bond acceptors (Lipinski definition) is 2. The molecule has 88 valence electrons. The van der Waals surface area contributed by atoms with Crippen molar-refractivity contribution in [3.8, 4) is 0 Å². The van der Waals surface area contributed by atoms with Crippen molar-refractivity contribution in [2.45, 2.75) is 26.8 Å². The van der Waals surface area contributed by atoms with E-state index in [0.717, 1.165) is 13.1 Å². The van der Waals surface area contributed by atoms with Crippen molar-refractivity contribution in [3.63, 3.8) is 0 Å². The smallest absolute Gasteiger partial charge is 0.136 e. The van der Waals surface area contributed by atoms with E-state index in [4.69, 9.17) is 0 Å². The van der Waals surface area contributed by atoms with Gasteiger partial charge < -0.3 is 4.90 Å². The molecule has 0 N–H and O–H groups in total. The molecule has 1 aromatic rings. The summed E-state index contributed by atoms with van der Waals surface area (Å²) in [5, 5.41) is 0. The number of hydrogen-bond donors (Lipinski definition) is 0. The highest BCUT2D eigenvalue weighted by molar-refractivity contribution is 5.80. The molecule has 0 fully saturated rings. The molecule has 0 saturated heterocycles. The maximum Gasteiger partial charge on any atom is 0.136 e. The fourth-order valence-corrected chi connectivity index (χ4v) is 1.88. The van der Waals surface area contributed by atoms with Crippen molar-refractivity contribution in [2.75, 3.05) is 13.6 Å². The van der Waals surface area contributed by atoms with Crippen LogP contribution in [0.3, 0.4) is 0 Å². The number of rotatable bonds is 6. The highest BCUT2D eigenvalue weighted by Gasteiger charge is 2.12. The van der Waals surface area contributed by atoms with E-state index in [1.54, 1.807) is 0 Å². The molecule has 2 heteroatoms. The van der Waals surface area contributed by atoms with Gasteiger partial charge in [-0.3, -0.25) is 4.79 Å². The van der Waals surface area contributed by atoms with Gasteiger partial charge in [0, 0.05) is 25.4 Å². The summed E-state index contributed by atoms with van der Waals surface area (Å²) < 4.78 is 0. The molecule has 0 spiro atoms. The van der Waals surface area contributed by atoms with Gasteiger partial charge in [0.1, 0.15) is 5.78 Å². The molecule has 1 atom stereocenters. The zero-order valence-electron chi connectivity index (χ0n) is 10.4. The summed E-state index contributed by atoms with van der Waals surface area (Å²) in [6.07, 6.45) is 0.639. The van der Waals surface area contributed by atoms with Crippen molar-refractivity contribution in [3.05, 3.63) is 35.9 Å². The zero-order valence-corrected chi connectivity index (χ0v) is 10.4. The summed E-state index contributed by atoms with van der Waals surface area (Å²) in [6.45, 7) is 5.67. The molecule has 1 aromatic carbocycles. The first kappa shape index (κ1) is 12.9. The number of carbonyl (C=O) groups excluding carboxylic acids is 1. The number of benzene rings is 1. The molecule has 0 aliphatic carbocycles. The van der Waals surface area contributed by atoms with Crippen LogP contribution < -0.4 is 0 Å². The molecular weight excluding hydrogens is 198 g/mol. The first-order valence-electron chi connectivity index (χ1n) is 5.88. The van der Waals surface area contributed by atoms with E-state index < -0.39 is 0 Å². The van der Waals surface area contributed by atoms with Crippen LogP contribution in [-0.4, -0.2) is 24.3 Å². The molecule has 0 saturated carbocycles. The molecule has 0 aromatic heterocycles. The topological polar surface area (TPSA) is 20.3 Å². The Labute approximate surface area is 98.3 Å². The number of carbonyl (C=O) groups is 1. The quantitative estimate of drug-likeness (QED) is 0.733. The molecule has 2 nitrogen and oxygen atoms in total. The van der Waals surface area contributed by atoms with Gasteiger partial charge >= 0.3 is 0 Å². The van der Waals surface area contributed by atoms with Gasteiger partial charge in [-0.25, -0.2) is 0 Å². The van der Waals surface area contributed by atoms with Gasteiger partial charge in [-0.1, -0.05) is 44.2 Å². The molecular formula is C14H21NO. The predicted molar refractivity (Wildman–Crippen MR) is 67.2 cm³/mol. The Morgan fingerprint density at radius 3 is 2.50 bits per heavy atom. The van der Waals surface area contributed by atoms with Crippen molar-refractivity contribution in [1.82, 2.24) is 4.90 Å². The highest BCUT2D eigenvalue weighted by atomic mass is 16.1. The Morgan fingerprint density at radius 2 is 1.94 bits per heavy atom. The second-order valence-corrected chi connectivity index (χ2v) is 4.40. The van der Waals surface area contributed by atoms with E-state index in [2.05, 4.69) is 24.1 Å². The van der Waals surface area contributed by atoms with Crippen LogP contribution in [0, 0.1) is 5.92 Å². The molecule has 16 heavy (non-hydrogen) atoms. The van der Waals surface area contributed by atoms with Crippen molar-refractivity contribution in [2.24, 2.45) is 5.92 Å². The first-order valence-corrected chi connectivity index (χ1v) is 5.88. The maximum absolute atomic E-state index is 11.5.